The van der Waals surface area contributed by atoms with Gasteiger partial charge in [-0.25, -0.2) is 4.52 Å². The summed E-state index contributed by atoms with van der Waals surface area (Å²) < 4.78 is 10.3. The Labute approximate surface area is 180 Å². The summed E-state index contributed by atoms with van der Waals surface area (Å²) in [4.78, 5) is 2.43. The Balaban J connectivity index is 1.48. The van der Waals surface area contributed by atoms with Gasteiger partial charge in [-0.2, -0.15) is 10.2 Å². The molecule has 0 aliphatic carbocycles. The first-order chi connectivity index (χ1) is 14.1. The maximum absolute atomic E-state index is 6.47. The summed E-state index contributed by atoms with van der Waals surface area (Å²) in [6.45, 7) is 15.1. The van der Waals surface area contributed by atoms with E-state index in [0.717, 1.165) is 42.9 Å². The first-order valence-corrected chi connectivity index (χ1v) is 13.6. The molecule has 8 heteroatoms. The minimum atomic E-state index is -1.74. The molecule has 1 saturated heterocycles. The van der Waals surface area contributed by atoms with Crippen LogP contribution in [0.4, 0.5) is 5.69 Å². The quantitative estimate of drug-likeness (QED) is 0.633. The highest BCUT2D eigenvalue weighted by molar-refractivity contribution is 6.74. The first-order valence-electron chi connectivity index (χ1n) is 10.7. The van der Waals surface area contributed by atoms with Crippen molar-refractivity contribution < 1.29 is 4.43 Å². The Morgan fingerprint density at radius 1 is 1.13 bits per heavy atom. The maximum Gasteiger partial charge on any atom is 0.192 e. The summed E-state index contributed by atoms with van der Waals surface area (Å²) in [5.74, 6) is 0. The molecule has 0 aromatic carbocycles. The molecular formula is C22H34N6OSi. The largest absolute Gasteiger partial charge is 0.415 e. The molecule has 162 valence electrons. The summed E-state index contributed by atoms with van der Waals surface area (Å²) >= 11 is 0. The number of piperazine rings is 1. The molecule has 3 aromatic rings. The number of hydrogen-bond acceptors (Lipinski definition) is 5. The number of pyridine rings is 1. The van der Waals surface area contributed by atoms with E-state index in [1.807, 2.05) is 34.8 Å². The van der Waals surface area contributed by atoms with Crippen LogP contribution >= 0.6 is 0 Å². The highest BCUT2D eigenvalue weighted by Crippen LogP contribution is 2.36. The second-order valence-corrected chi connectivity index (χ2v) is 14.7. The lowest BCUT2D eigenvalue weighted by atomic mass is 10.1. The van der Waals surface area contributed by atoms with E-state index >= 15 is 0 Å². The average molecular weight is 427 g/mol. The minimum Gasteiger partial charge on any atom is -0.415 e. The van der Waals surface area contributed by atoms with Gasteiger partial charge in [0.05, 0.1) is 30.2 Å². The van der Waals surface area contributed by atoms with Crippen LogP contribution in [0.5, 0.6) is 0 Å². The van der Waals surface area contributed by atoms with E-state index in [1.54, 1.807) is 0 Å². The molecule has 4 heterocycles. The predicted molar refractivity (Wildman–Crippen MR) is 125 cm³/mol. The minimum absolute atomic E-state index is 0.232. The van der Waals surface area contributed by atoms with Crippen LogP contribution in [0.3, 0.4) is 0 Å². The molecule has 1 aliphatic heterocycles. The van der Waals surface area contributed by atoms with Crippen LogP contribution in [0.1, 0.15) is 20.8 Å². The lowest BCUT2D eigenvalue weighted by molar-refractivity contribution is 0.236. The molecule has 1 fully saturated rings. The van der Waals surface area contributed by atoms with Crippen molar-refractivity contribution in [3.05, 3.63) is 36.9 Å². The van der Waals surface area contributed by atoms with Crippen LogP contribution in [0, 0.1) is 0 Å². The topological polar surface area (TPSA) is 59.6 Å². The van der Waals surface area contributed by atoms with Gasteiger partial charge in [0.15, 0.2) is 8.32 Å². The Morgan fingerprint density at radius 2 is 1.93 bits per heavy atom. The second-order valence-electron chi connectivity index (χ2n) is 9.85. The third-order valence-corrected chi connectivity index (χ3v) is 11.1. The second kappa shape index (κ2) is 7.83. The third-order valence-electron chi connectivity index (χ3n) is 6.58. The van der Waals surface area contributed by atoms with Crippen molar-refractivity contribution in [1.29, 1.82) is 0 Å². The number of nitrogens with zero attached hydrogens (tertiary/aromatic N) is 5. The van der Waals surface area contributed by atoms with Crippen molar-refractivity contribution >= 4 is 19.5 Å². The zero-order valence-electron chi connectivity index (χ0n) is 19.0. The van der Waals surface area contributed by atoms with E-state index < -0.39 is 8.32 Å². The van der Waals surface area contributed by atoms with Gasteiger partial charge in [-0.1, -0.05) is 26.8 Å². The lowest BCUT2D eigenvalue weighted by Crippen LogP contribution is -2.54. The lowest BCUT2D eigenvalue weighted by Gasteiger charge is -2.40. The monoisotopic (exact) mass is 426 g/mol. The Kier molecular flexibility index (Phi) is 5.50. The van der Waals surface area contributed by atoms with Gasteiger partial charge in [-0.05, 0) is 24.2 Å². The van der Waals surface area contributed by atoms with E-state index in [-0.39, 0.29) is 5.04 Å². The van der Waals surface area contributed by atoms with Gasteiger partial charge in [0.1, 0.15) is 0 Å². The summed E-state index contributed by atoms with van der Waals surface area (Å²) in [7, 11) is 0.195. The maximum atomic E-state index is 6.47. The fourth-order valence-corrected chi connectivity index (χ4v) is 4.69. The zero-order valence-corrected chi connectivity index (χ0v) is 20.0. The zero-order chi connectivity index (χ0) is 21.5. The van der Waals surface area contributed by atoms with E-state index in [1.165, 1.54) is 5.69 Å². The van der Waals surface area contributed by atoms with E-state index in [2.05, 4.69) is 72.6 Å². The standard InChI is InChI=1S/C22H34N6OSi/c1-22(2,3)30(5,6)29-16-19-15-27(10-9-23-19)21-12-25-28-14-17(7-8-20(21)28)18-11-24-26(4)13-18/h7-8,11-14,19,23H,9-10,15-16H2,1-6H3. The smallest absolute Gasteiger partial charge is 0.192 e. The molecule has 3 aromatic heterocycles. The summed E-state index contributed by atoms with van der Waals surface area (Å²) in [5, 5.41) is 12.8. The number of rotatable bonds is 5. The molecule has 30 heavy (non-hydrogen) atoms. The molecule has 0 amide bonds. The molecule has 0 radical (unpaired) electrons. The third kappa shape index (κ3) is 4.17. The average Bonchev–Trinajstić information content (AvgIpc) is 3.31. The summed E-state index contributed by atoms with van der Waals surface area (Å²) in [6, 6.07) is 4.64. The molecule has 1 aliphatic rings. The van der Waals surface area contributed by atoms with Gasteiger partial charge >= 0.3 is 0 Å². The summed E-state index contributed by atoms with van der Waals surface area (Å²) in [6.07, 6.45) is 7.97. The van der Waals surface area contributed by atoms with Gasteiger partial charge in [-0.15, -0.1) is 0 Å². The Morgan fingerprint density at radius 3 is 2.63 bits per heavy atom. The number of nitrogens with one attached hydrogen (secondary N) is 1. The van der Waals surface area contributed by atoms with Crippen molar-refractivity contribution in [3.63, 3.8) is 0 Å². The molecule has 1 atom stereocenters. The molecule has 7 nitrogen and oxygen atoms in total. The number of anilines is 1. The highest BCUT2D eigenvalue weighted by Gasteiger charge is 2.38. The van der Waals surface area contributed by atoms with Crippen LogP contribution in [0.15, 0.2) is 36.9 Å². The fraction of sp³-hybridized carbons (Fsp3) is 0.545. The molecule has 1 unspecified atom stereocenters. The van der Waals surface area contributed by atoms with Gasteiger partial charge in [0, 0.05) is 56.2 Å². The first kappa shape index (κ1) is 21.1. The number of aryl methyl sites for hydroxylation is 1. The number of aromatic nitrogens is 4. The van der Waals surface area contributed by atoms with Gasteiger partial charge < -0.3 is 14.6 Å². The van der Waals surface area contributed by atoms with Crippen LogP contribution in [0.2, 0.25) is 18.1 Å². The van der Waals surface area contributed by atoms with E-state index in [4.69, 9.17) is 4.43 Å². The number of fused-ring (bicyclic) bond motifs is 1. The van der Waals surface area contributed by atoms with Crippen molar-refractivity contribution in [3.8, 4) is 11.1 Å². The van der Waals surface area contributed by atoms with Gasteiger partial charge in [0.2, 0.25) is 0 Å². The van der Waals surface area contributed by atoms with Crippen LogP contribution < -0.4 is 10.2 Å². The van der Waals surface area contributed by atoms with Crippen molar-refractivity contribution in [2.45, 2.75) is 44.9 Å². The summed E-state index contributed by atoms with van der Waals surface area (Å²) in [5.41, 5.74) is 4.54. The van der Waals surface area contributed by atoms with Gasteiger partial charge in [-0.3, -0.25) is 4.68 Å². The van der Waals surface area contributed by atoms with Crippen molar-refractivity contribution in [1.82, 2.24) is 24.7 Å². The van der Waals surface area contributed by atoms with Gasteiger partial charge in [0.25, 0.3) is 0 Å². The van der Waals surface area contributed by atoms with Crippen LogP contribution in [0.25, 0.3) is 16.6 Å². The highest BCUT2D eigenvalue weighted by atomic mass is 28.4. The Bertz CT molecular complexity index is 1020. The normalized spacial score (nSPS) is 18.3. The number of hydrogen-bond donors (Lipinski definition) is 1. The molecule has 4 rings (SSSR count). The van der Waals surface area contributed by atoms with E-state index in [9.17, 15) is 0 Å². The van der Waals surface area contributed by atoms with Crippen LogP contribution in [-0.2, 0) is 11.5 Å². The Hall–Kier alpha value is -2.16. The van der Waals surface area contributed by atoms with E-state index in [0.29, 0.717) is 6.04 Å². The fourth-order valence-electron chi connectivity index (χ4n) is 3.64. The predicted octanol–water partition coefficient (Wildman–Crippen LogP) is 3.53. The molecule has 0 bridgehead atoms. The molecular weight excluding hydrogens is 392 g/mol. The molecule has 1 N–H and O–H groups in total. The van der Waals surface area contributed by atoms with Crippen molar-refractivity contribution in [2.24, 2.45) is 7.05 Å². The molecule has 0 saturated carbocycles. The van der Waals surface area contributed by atoms with Crippen LogP contribution in [-0.4, -0.2) is 60.0 Å². The molecule has 0 spiro atoms. The SMILES string of the molecule is Cn1cc(-c2ccc3c(N4CCNC(CO[Si](C)(C)C(C)(C)C)C4)cnn3c2)cn1. The van der Waals surface area contributed by atoms with Crippen molar-refractivity contribution in [2.75, 3.05) is 31.1 Å².